The van der Waals surface area contributed by atoms with Crippen LogP contribution in [-0.2, 0) is 0 Å². The summed E-state index contributed by atoms with van der Waals surface area (Å²) in [5.74, 6) is 0.572. The molecule has 0 unspecified atom stereocenters. The van der Waals surface area contributed by atoms with Crippen LogP contribution in [0.1, 0.15) is 6.42 Å². The molecule has 0 heterocycles. The highest BCUT2D eigenvalue weighted by Crippen LogP contribution is 2.29. The van der Waals surface area contributed by atoms with E-state index in [0.29, 0.717) is 11.4 Å². The fourth-order valence-corrected chi connectivity index (χ4v) is 1.08. The minimum atomic E-state index is -4.22. The van der Waals surface area contributed by atoms with Gasteiger partial charge in [0, 0.05) is 11.8 Å². The van der Waals surface area contributed by atoms with E-state index in [0.717, 1.165) is 0 Å². The van der Waals surface area contributed by atoms with E-state index in [1.807, 2.05) is 0 Å². The lowest BCUT2D eigenvalue weighted by Gasteiger charge is -2.12. The van der Waals surface area contributed by atoms with Gasteiger partial charge in [-0.2, -0.15) is 13.2 Å². The molecule has 90 valence electrons. The molecule has 6 heteroatoms. The predicted molar refractivity (Wildman–Crippen MR) is 53.6 cm³/mol. The highest BCUT2D eigenvalue weighted by molar-refractivity contribution is 5.51. The van der Waals surface area contributed by atoms with Gasteiger partial charge in [0.25, 0.3) is 0 Å². The Labute approximate surface area is 91.0 Å². The van der Waals surface area contributed by atoms with E-state index >= 15 is 0 Å². The van der Waals surface area contributed by atoms with Gasteiger partial charge in [-0.3, -0.25) is 0 Å². The summed E-state index contributed by atoms with van der Waals surface area (Å²) >= 11 is 0. The van der Waals surface area contributed by atoms with Gasteiger partial charge >= 0.3 is 6.18 Å². The van der Waals surface area contributed by atoms with Crippen molar-refractivity contribution in [3.05, 3.63) is 18.2 Å². The van der Waals surface area contributed by atoms with E-state index in [1.165, 1.54) is 25.3 Å². The van der Waals surface area contributed by atoms with Gasteiger partial charge in [0.1, 0.15) is 0 Å². The summed E-state index contributed by atoms with van der Waals surface area (Å²) in [6.45, 7) is -0.441. The van der Waals surface area contributed by atoms with Crippen LogP contribution >= 0.6 is 0 Å². The number of rotatable bonds is 4. The fraction of sp³-hybridized carbons (Fsp3) is 0.400. The van der Waals surface area contributed by atoms with E-state index in [1.54, 1.807) is 0 Å². The SMILES string of the molecule is COc1cc(N)ccc1OCCC(F)(F)F. The largest absolute Gasteiger partial charge is 0.493 e. The molecule has 3 nitrogen and oxygen atoms in total. The predicted octanol–water partition coefficient (Wildman–Crippen LogP) is 2.61. The number of nitrogens with two attached hydrogens (primary N) is 1. The van der Waals surface area contributed by atoms with E-state index in [-0.39, 0.29) is 5.75 Å². The molecule has 0 radical (unpaired) electrons. The third kappa shape index (κ3) is 3.88. The van der Waals surface area contributed by atoms with Crippen LogP contribution < -0.4 is 15.2 Å². The number of hydrogen-bond acceptors (Lipinski definition) is 3. The Morgan fingerprint density at radius 1 is 1.25 bits per heavy atom. The van der Waals surface area contributed by atoms with Crippen molar-refractivity contribution in [2.24, 2.45) is 0 Å². The van der Waals surface area contributed by atoms with Crippen molar-refractivity contribution in [3.8, 4) is 11.5 Å². The number of anilines is 1. The molecule has 16 heavy (non-hydrogen) atoms. The first-order valence-corrected chi connectivity index (χ1v) is 4.55. The molecule has 0 aliphatic carbocycles. The molecular formula is C10H12F3NO2. The number of ether oxygens (including phenoxy) is 2. The molecule has 2 N–H and O–H groups in total. The molecule has 0 amide bonds. The Kier molecular flexibility index (Phi) is 3.87. The topological polar surface area (TPSA) is 44.5 Å². The van der Waals surface area contributed by atoms with Crippen molar-refractivity contribution in [2.75, 3.05) is 19.5 Å². The summed E-state index contributed by atoms with van der Waals surface area (Å²) in [6, 6.07) is 4.50. The normalized spacial score (nSPS) is 11.2. The van der Waals surface area contributed by atoms with Crippen LogP contribution in [0, 0.1) is 0 Å². The number of benzene rings is 1. The summed E-state index contributed by atoms with van der Waals surface area (Å²) in [6.07, 6.45) is -5.22. The average molecular weight is 235 g/mol. The first kappa shape index (κ1) is 12.5. The lowest BCUT2D eigenvalue weighted by molar-refractivity contribution is -0.139. The van der Waals surface area contributed by atoms with Crippen molar-refractivity contribution >= 4 is 5.69 Å². The molecule has 0 spiro atoms. The second-order valence-corrected chi connectivity index (χ2v) is 3.12. The van der Waals surface area contributed by atoms with Gasteiger partial charge in [-0.15, -0.1) is 0 Å². The Balaban J connectivity index is 2.60. The van der Waals surface area contributed by atoms with Crippen LogP contribution in [0.4, 0.5) is 18.9 Å². The summed E-state index contributed by atoms with van der Waals surface area (Å²) in [7, 11) is 1.39. The zero-order valence-electron chi connectivity index (χ0n) is 8.67. The van der Waals surface area contributed by atoms with Crippen LogP contribution in [-0.4, -0.2) is 19.9 Å². The van der Waals surface area contributed by atoms with Gasteiger partial charge < -0.3 is 15.2 Å². The minimum Gasteiger partial charge on any atom is -0.493 e. The monoisotopic (exact) mass is 235 g/mol. The second-order valence-electron chi connectivity index (χ2n) is 3.12. The molecule has 0 saturated carbocycles. The first-order chi connectivity index (χ1) is 7.42. The van der Waals surface area contributed by atoms with Gasteiger partial charge in [-0.1, -0.05) is 0 Å². The number of halogens is 3. The van der Waals surface area contributed by atoms with Crippen molar-refractivity contribution in [2.45, 2.75) is 12.6 Å². The zero-order chi connectivity index (χ0) is 12.2. The number of hydrogen-bond donors (Lipinski definition) is 1. The molecule has 1 aromatic rings. The van der Waals surface area contributed by atoms with E-state index in [4.69, 9.17) is 15.2 Å². The third-order valence-electron chi connectivity index (χ3n) is 1.83. The van der Waals surface area contributed by atoms with Gasteiger partial charge in [-0.25, -0.2) is 0 Å². The highest BCUT2D eigenvalue weighted by Gasteiger charge is 2.27. The van der Waals surface area contributed by atoms with Crippen LogP contribution in [0.25, 0.3) is 0 Å². The lowest BCUT2D eigenvalue weighted by atomic mass is 10.3. The van der Waals surface area contributed by atoms with Crippen LogP contribution in [0.3, 0.4) is 0 Å². The van der Waals surface area contributed by atoms with Gasteiger partial charge in [0.15, 0.2) is 11.5 Å². The molecule has 0 aromatic heterocycles. The maximum atomic E-state index is 11.9. The minimum absolute atomic E-state index is 0.251. The average Bonchev–Trinajstić information content (AvgIpc) is 2.18. The Morgan fingerprint density at radius 3 is 2.50 bits per heavy atom. The molecule has 1 aromatic carbocycles. The van der Waals surface area contributed by atoms with Crippen LogP contribution in [0.15, 0.2) is 18.2 Å². The molecular weight excluding hydrogens is 223 g/mol. The third-order valence-corrected chi connectivity index (χ3v) is 1.83. The molecule has 0 aliphatic rings. The number of methoxy groups -OCH3 is 1. The standard InChI is InChI=1S/C10H12F3NO2/c1-15-9-6-7(14)2-3-8(9)16-5-4-10(11,12)13/h2-3,6H,4-5,14H2,1H3. The van der Waals surface area contributed by atoms with E-state index < -0.39 is 19.2 Å². The Morgan fingerprint density at radius 2 is 1.94 bits per heavy atom. The van der Waals surface area contributed by atoms with Crippen LogP contribution in [0.2, 0.25) is 0 Å². The fourth-order valence-electron chi connectivity index (χ4n) is 1.08. The summed E-state index contributed by atoms with van der Waals surface area (Å²) in [5, 5.41) is 0. The van der Waals surface area contributed by atoms with Crippen molar-refractivity contribution < 1.29 is 22.6 Å². The van der Waals surface area contributed by atoms with E-state index in [9.17, 15) is 13.2 Å². The van der Waals surface area contributed by atoms with Gasteiger partial charge in [-0.05, 0) is 12.1 Å². The lowest BCUT2D eigenvalue weighted by Crippen LogP contribution is -2.13. The molecule has 1 rings (SSSR count). The number of alkyl halides is 3. The van der Waals surface area contributed by atoms with Crippen molar-refractivity contribution in [3.63, 3.8) is 0 Å². The maximum Gasteiger partial charge on any atom is 0.392 e. The van der Waals surface area contributed by atoms with Gasteiger partial charge in [0.05, 0.1) is 20.1 Å². The Bertz CT molecular complexity index is 352. The Hall–Kier alpha value is -1.59. The smallest absolute Gasteiger partial charge is 0.392 e. The zero-order valence-corrected chi connectivity index (χ0v) is 8.67. The second kappa shape index (κ2) is 4.96. The van der Waals surface area contributed by atoms with Crippen molar-refractivity contribution in [1.82, 2.24) is 0 Å². The molecule has 0 bridgehead atoms. The molecule has 0 atom stereocenters. The summed E-state index contributed by atoms with van der Waals surface area (Å²) < 4.78 is 45.5. The highest BCUT2D eigenvalue weighted by atomic mass is 19.4. The van der Waals surface area contributed by atoms with Crippen molar-refractivity contribution in [1.29, 1.82) is 0 Å². The molecule has 0 aliphatic heterocycles. The molecule has 0 fully saturated rings. The van der Waals surface area contributed by atoms with E-state index in [2.05, 4.69) is 0 Å². The first-order valence-electron chi connectivity index (χ1n) is 4.55. The summed E-state index contributed by atoms with van der Waals surface area (Å²) in [5.41, 5.74) is 5.94. The summed E-state index contributed by atoms with van der Waals surface area (Å²) in [4.78, 5) is 0. The van der Waals surface area contributed by atoms with Crippen LogP contribution in [0.5, 0.6) is 11.5 Å². The maximum absolute atomic E-state index is 11.9. The number of nitrogen functional groups attached to an aromatic ring is 1. The van der Waals surface area contributed by atoms with Gasteiger partial charge in [0.2, 0.25) is 0 Å². The quantitative estimate of drug-likeness (QED) is 0.816. The molecule has 0 saturated heterocycles.